The molecule has 3 rings (SSSR count). The van der Waals surface area contributed by atoms with Gasteiger partial charge in [0.15, 0.2) is 5.78 Å². The Morgan fingerprint density at radius 1 is 1.29 bits per heavy atom. The van der Waals surface area contributed by atoms with E-state index in [1.54, 1.807) is 6.08 Å². The molecule has 0 unspecified atom stereocenters. The first-order valence-electron chi connectivity index (χ1n) is 5.18. The SMILES string of the molecule is N=C1CC(=O)C=C2SC(c3ccccc3)=NN12. The molecule has 2 aliphatic rings. The molecule has 1 aromatic rings. The van der Waals surface area contributed by atoms with Gasteiger partial charge in [0.2, 0.25) is 0 Å². The van der Waals surface area contributed by atoms with E-state index in [1.165, 1.54) is 16.8 Å². The predicted octanol–water partition coefficient (Wildman–Crippen LogP) is 2.19. The van der Waals surface area contributed by atoms with Crippen molar-refractivity contribution in [2.45, 2.75) is 6.42 Å². The minimum atomic E-state index is -0.0294. The summed E-state index contributed by atoms with van der Waals surface area (Å²) in [4.78, 5) is 11.4. The van der Waals surface area contributed by atoms with Crippen LogP contribution in [0.2, 0.25) is 0 Å². The van der Waals surface area contributed by atoms with Crippen molar-refractivity contribution < 1.29 is 4.79 Å². The molecule has 0 radical (unpaired) electrons. The van der Waals surface area contributed by atoms with E-state index in [0.717, 1.165) is 15.6 Å². The van der Waals surface area contributed by atoms with Crippen LogP contribution >= 0.6 is 11.8 Å². The second kappa shape index (κ2) is 3.85. The van der Waals surface area contributed by atoms with Crippen molar-refractivity contribution in [3.8, 4) is 0 Å². The molecule has 0 saturated carbocycles. The van der Waals surface area contributed by atoms with E-state index in [9.17, 15) is 4.79 Å². The molecule has 0 saturated heterocycles. The van der Waals surface area contributed by atoms with Crippen LogP contribution in [0, 0.1) is 5.41 Å². The molecule has 0 aromatic heterocycles. The molecule has 0 amide bonds. The second-order valence-corrected chi connectivity index (χ2v) is 4.77. The number of ketones is 1. The molecule has 0 bridgehead atoms. The number of fused-ring (bicyclic) bond motifs is 1. The lowest BCUT2D eigenvalue weighted by atomic mass is 10.2. The van der Waals surface area contributed by atoms with Crippen molar-refractivity contribution in [2.75, 3.05) is 0 Å². The standard InChI is InChI=1S/C12H9N3OS/c13-10-6-9(16)7-11-15(10)14-12(17-11)8-4-2-1-3-5-8/h1-5,7,13H,6H2. The fraction of sp³-hybridized carbons (Fsp3) is 0.0833. The number of rotatable bonds is 1. The van der Waals surface area contributed by atoms with Crippen molar-refractivity contribution >= 4 is 28.4 Å². The molecule has 2 heterocycles. The summed E-state index contributed by atoms with van der Waals surface area (Å²) in [6.45, 7) is 0. The zero-order valence-electron chi connectivity index (χ0n) is 8.88. The van der Waals surface area contributed by atoms with Crippen LogP contribution in [0.4, 0.5) is 0 Å². The first-order chi connectivity index (χ1) is 8.24. The van der Waals surface area contributed by atoms with Crippen LogP contribution in [-0.2, 0) is 4.79 Å². The normalized spacial score (nSPS) is 18.9. The van der Waals surface area contributed by atoms with Crippen molar-refractivity contribution in [3.05, 3.63) is 47.0 Å². The van der Waals surface area contributed by atoms with Crippen LogP contribution in [-0.4, -0.2) is 21.7 Å². The number of hydrogen-bond donors (Lipinski definition) is 1. The molecule has 4 nitrogen and oxygen atoms in total. The van der Waals surface area contributed by atoms with E-state index in [1.807, 2.05) is 30.3 Å². The molecule has 0 aliphatic carbocycles. The van der Waals surface area contributed by atoms with Gasteiger partial charge in [-0.25, -0.2) is 5.01 Å². The highest BCUT2D eigenvalue weighted by atomic mass is 32.2. The van der Waals surface area contributed by atoms with Gasteiger partial charge in [-0.15, -0.1) is 0 Å². The van der Waals surface area contributed by atoms with Crippen LogP contribution < -0.4 is 0 Å². The summed E-state index contributed by atoms with van der Waals surface area (Å²) in [6.07, 6.45) is 1.69. The lowest BCUT2D eigenvalue weighted by Crippen LogP contribution is -2.27. The number of hydrazone groups is 1. The van der Waals surface area contributed by atoms with Crippen molar-refractivity contribution in [1.29, 1.82) is 5.41 Å². The fourth-order valence-corrected chi connectivity index (χ4v) is 2.72. The summed E-state index contributed by atoms with van der Waals surface area (Å²) in [5.41, 5.74) is 1.01. The van der Waals surface area contributed by atoms with Crippen LogP contribution in [0.15, 0.2) is 46.5 Å². The molecule has 0 atom stereocenters. The lowest BCUT2D eigenvalue weighted by molar-refractivity contribution is -0.113. The maximum atomic E-state index is 11.4. The van der Waals surface area contributed by atoms with E-state index in [-0.39, 0.29) is 18.0 Å². The number of carbonyl (C=O) groups excluding carboxylic acids is 1. The number of hydrogen-bond acceptors (Lipinski definition) is 4. The van der Waals surface area contributed by atoms with E-state index >= 15 is 0 Å². The van der Waals surface area contributed by atoms with Crippen LogP contribution in [0.3, 0.4) is 0 Å². The zero-order chi connectivity index (χ0) is 11.8. The van der Waals surface area contributed by atoms with Crippen LogP contribution in [0.25, 0.3) is 0 Å². The molecule has 5 heteroatoms. The van der Waals surface area contributed by atoms with E-state index in [2.05, 4.69) is 5.10 Å². The molecule has 1 aromatic carbocycles. The fourth-order valence-electron chi connectivity index (χ4n) is 1.71. The van der Waals surface area contributed by atoms with E-state index < -0.39 is 0 Å². The topological polar surface area (TPSA) is 56.5 Å². The molecule has 0 fully saturated rings. The monoisotopic (exact) mass is 243 g/mol. The number of thioether (sulfide) groups is 1. The van der Waals surface area contributed by atoms with E-state index in [0.29, 0.717) is 0 Å². The number of nitrogens with one attached hydrogen (secondary N) is 1. The summed E-state index contributed by atoms with van der Waals surface area (Å²) >= 11 is 1.43. The van der Waals surface area contributed by atoms with Gasteiger partial charge in [0, 0.05) is 11.6 Å². The van der Waals surface area contributed by atoms with Gasteiger partial charge in [0.05, 0.1) is 6.42 Å². The quantitative estimate of drug-likeness (QED) is 0.822. The summed E-state index contributed by atoms with van der Waals surface area (Å²) in [7, 11) is 0. The van der Waals surface area contributed by atoms with Crippen molar-refractivity contribution in [1.82, 2.24) is 5.01 Å². The highest BCUT2D eigenvalue weighted by Gasteiger charge is 2.30. The molecule has 1 N–H and O–H groups in total. The minimum Gasteiger partial charge on any atom is -0.294 e. The van der Waals surface area contributed by atoms with Gasteiger partial charge in [-0.05, 0) is 11.8 Å². The summed E-state index contributed by atoms with van der Waals surface area (Å²) in [5.74, 6) is 0.212. The smallest absolute Gasteiger partial charge is 0.165 e. The Morgan fingerprint density at radius 3 is 2.82 bits per heavy atom. The highest BCUT2D eigenvalue weighted by molar-refractivity contribution is 8.17. The summed E-state index contributed by atoms with van der Waals surface area (Å²) < 4.78 is 0. The molecule has 17 heavy (non-hydrogen) atoms. The van der Waals surface area contributed by atoms with Gasteiger partial charge < -0.3 is 0 Å². The average molecular weight is 243 g/mol. The molecule has 0 spiro atoms. The third-order valence-corrected chi connectivity index (χ3v) is 3.51. The third kappa shape index (κ3) is 1.78. The lowest BCUT2D eigenvalue weighted by Gasteiger charge is -2.18. The Hall–Kier alpha value is -1.88. The number of benzene rings is 1. The van der Waals surface area contributed by atoms with Gasteiger partial charge in [-0.3, -0.25) is 10.2 Å². The Bertz CT molecular complexity index is 562. The van der Waals surface area contributed by atoms with Crippen LogP contribution in [0.5, 0.6) is 0 Å². The van der Waals surface area contributed by atoms with E-state index in [4.69, 9.17) is 5.41 Å². The average Bonchev–Trinajstić information content (AvgIpc) is 2.74. The van der Waals surface area contributed by atoms with Gasteiger partial charge in [-0.1, -0.05) is 30.3 Å². The van der Waals surface area contributed by atoms with Gasteiger partial charge in [0.1, 0.15) is 15.9 Å². The molecule has 84 valence electrons. The zero-order valence-corrected chi connectivity index (χ0v) is 9.70. The largest absolute Gasteiger partial charge is 0.294 e. The molecular formula is C12H9N3OS. The predicted molar refractivity (Wildman–Crippen MR) is 67.8 cm³/mol. The maximum Gasteiger partial charge on any atom is 0.165 e. The van der Waals surface area contributed by atoms with Gasteiger partial charge in [-0.2, -0.15) is 5.10 Å². The Labute approximate surface area is 103 Å². The third-order valence-electron chi connectivity index (χ3n) is 2.50. The first kappa shape index (κ1) is 10.3. The number of allylic oxidation sites excluding steroid dienone is 1. The molecular weight excluding hydrogens is 234 g/mol. The Balaban J connectivity index is 1.98. The molecule has 2 aliphatic heterocycles. The van der Waals surface area contributed by atoms with Crippen molar-refractivity contribution in [2.24, 2.45) is 5.10 Å². The highest BCUT2D eigenvalue weighted by Crippen LogP contribution is 2.35. The summed E-state index contributed by atoms with van der Waals surface area (Å²) in [5, 5.41) is 15.2. The second-order valence-electron chi connectivity index (χ2n) is 3.76. The maximum absolute atomic E-state index is 11.4. The number of carbonyl (C=O) groups is 1. The number of amidine groups is 1. The summed E-state index contributed by atoms with van der Waals surface area (Å²) in [6, 6.07) is 9.77. The van der Waals surface area contributed by atoms with Gasteiger partial charge >= 0.3 is 0 Å². The number of nitrogens with zero attached hydrogens (tertiary/aromatic N) is 2. The van der Waals surface area contributed by atoms with Gasteiger partial charge in [0.25, 0.3) is 0 Å². The minimum absolute atomic E-state index is 0.0294. The first-order valence-corrected chi connectivity index (χ1v) is 5.99. The Morgan fingerprint density at radius 2 is 2.06 bits per heavy atom. The van der Waals surface area contributed by atoms with Crippen molar-refractivity contribution in [3.63, 3.8) is 0 Å². The van der Waals surface area contributed by atoms with Crippen LogP contribution in [0.1, 0.15) is 12.0 Å². The Kier molecular flexibility index (Phi) is 2.33.